The summed E-state index contributed by atoms with van der Waals surface area (Å²) in [5.41, 5.74) is 1.69. The van der Waals surface area contributed by atoms with E-state index in [4.69, 9.17) is 4.74 Å². The monoisotopic (exact) mass is 562 g/mol. The second kappa shape index (κ2) is 12.5. The molecule has 1 aliphatic heterocycles. The van der Waals surface area contributed by atoms with Crippen molar-refractivity contribution in [1.29, 1.82) is 0 Å². The van der Waals surface area contributed by atoms with Crippen LogP contribution in [0.1, 0.15) is 5.56 Å². The first-order valence-corrected chi connectivity index (χ1v) is 10.1. The van der Waals surface area contributed by atoms with Crippen molar-refractivity contribution in [3.63, 3.8) is 0 Å². The third-order valence-electron chi connectivity index (χ3n) is 5.15. The van der Waals surface area contributed by atoms with Crippen LogP contribution in [0.2, 0.25) is 0 Å². The van der Waals surface area contributed by atoms with Gasteiger partial charge in [-0.15, -0.1) is 24.0 Å². The maximum absolute atomic E-state index is 12.6. The lowest BCUT2D eigenvalue weighted by Crippen LogP contribution is -2.52. The number of methoxy groups -OCH3 is 1. The van der Waals surface area contributed by atoms with E-state index in [0.717, 1.165) is 43.4 Å². The Hall–Kier alpha value is -2.50. The van der Waals surface area contributed by atoms with Crippen LogP contribution in [0, 0.1) is 0 Å². The number of piperazine rings is 1. The number of nitrogens with zero attached hydrogens (tertiary/aromatic N) is 3. The lowest BCUT2D eigenvalue weighted by molar-refractivity contribution is -0.0512. The van der Waals surface area contributed by atoms with Gasteiger partial charge in [-0.25, -0.2) is 0 Å². The number of anilines is 1. The molecule has 32 heavy (non-hydrogen) atoms. The molecule has 0 unspecified atom stereocenters. The molecule has 176 valence electrons. The molecule has 1 saturated heterocycles. The number of benzene rings is 2. The number of aliphatic imine (C=N–C) groups is 1. The van der Waals surface area contributed by atoms with Gasteiger partial charge in [-0.2, -0.15) is 8.78 Å². The van der Waals surface area contributed by atoms with Crippen LogP contribution in [-0.4, -0.2) is 69.5 Å². The summed E-state index contributed by atoms with van der Waals surface area (Å²) < 4.78 is 34.8. The summed E-state index contributed by atoms with van der Waals surface area (Å²) >= 11 is 0. The van der Waals surface area contributed by atoms with Crippen molar-refractivity contribution < 1.29 is 23.4 Å². The van der Waals surface area contributed by atoms with Crippen molar-refractivity contribution in [2.24, 2.45) is 4.99 Å². The fourth-order valence-corrected chi connectivity index (χ4v) is 3.61. The number of alkyl halides is 2. The van der Waals surface area contributed by atoms with E-state index in [2.05, 4.69) is 24.8 Å². The van der Waals surface area contributed by atoms with Crippen LogP contribution < -0.4 is 19.7 Å². The number of hydrogen-bond donors (Lipinski definition) is 2. The Labute approximate surface area is 204 Å². The molecule has 0 amide bonds. The van der Waals surface area contributed by atoms with Gasteiger partial charge in [-0.3, -0.25) is 4.99 Å². The number of rotatable bonds is 7. The Kier molecular flexibility index (Phi) is 10.1. The Morgan fingerprint density at radius 2 is 1.84 bits per heavy atom. The summed E-state index contributed by atoms with van der Waals surface area (Å²) in [5, 5.41) is 13.4. The van der Waals surface area contributed by atoms with Crippen LogP contribution in [0.5, 0.6) is 17.2 Å². The molecule has 2 aromatic rings. The second-order valence-electron chi connectivity index (χ2n) is 7.05. The highest BCUT2D eigenvalue weighted by atomic mass is 127. The largest absolute Gasteiger partial charge is 0.506 e. The quantitative estimate of drug-likeness (QED) is 0.306. The number of phenols is 1. The molecule has 1 aliphatic rings. The molecular formula is C22H29F2IN4O3. The van der Waals surface area contributed by atoms with Crippen LogP contribution in [0.3, 0.4) is 0 Å². The van der Waals surface area contributed by atoms with E-state index in [-0.39, 0.29) is 41.2 Å². The van der Waals surface area contributed by atoms with Gasteiger partial charge in [0, 0.05) is 39.8 Å². The second-order valence-corrected chi connectivity index (χ2v) is 7.05. The molecule has 10 heteroatoms. The molecule has 1 heterocycles. The molecule has 0 aromatic heterocycles. The van der Waals surface area contributed by atoms with Gasteiger partial charge in [-0.1, -0.05) is 18.2 Å². The third kappa shape index (κ3) is 6.75. The summed E-state index contributed by atoms with van der Waals surface area (Å²) in [6, 6.07) is 12.4. The van der Waals surface area contributed by atoms with E-state index in [1.807, 2.05) is 24.3 Å². The van der Waals surface area contributed by atoms with E-state index >= 15 is 0 Å². The van der Waals surface area contributed by atoms with Crippen molar-refractivity contribution in [3.05, 3.63) is 48.0 Å². The van der Waals surface area contributed by atoms with E-state index in [9.17, 15) is 13.9 Å². The highest BCUT2D eigenvalue weighted by Gasteiger charge is 2.21. The fraction of sp³-hybridized carbons (Fsp3) is 0.409. The van der Waals surface area contributed by atoms with Gasteiger partial charge >= 0.3 is 6.61 Å². The van der Waals surface area contributed by atoms with Crippen molar-refractivity contribution in [3.8, 4) is 17.2 Å². The zero-order valence-corrected chi connectivity index (χ0v) is 20.5. The Morgan fingerprint density at radius 1 is 1.12 bits per heavy atom. The summed E-state index contributed by atoms with van der Waals surface area (Å²) in [6.45, 7) is 0.756. The van der Waals surface area contributed by atoms with E-state index in [1.54, 1.807) is 25.2 Å². The van der Waals surface area contributed by atoms with Gasteiger partial charge in [0.2, 0.25) is 0 Å². The molecule has 0 atom stereocenters. The Bertz CT molecular complexity index is 893. The standard InChI is InChI=1S/C22H28F2N4O3.HI/c1-25-22(28-13-11-27(12-14-28)17-5-3-4-6-18(17)29)26-10-9-16-7-8-19(30-2)20(15-16)31-21(23)24;/h3-8,15,21,29H,9-14H2,1-2H3,(H,25,26);1H. The van der Waals surface area contributed by atoms with Crippen LogP contribution in [0.25, 0.3) is 0 Å². The number of nitrogens with one attached hydrogen (secondary N) is 1. The minimum atomic E-state index is -2.91. The van der Waals surface area contributed by atoms with Crippen LogP contribution in [-0.2, 0) is 6.42 Å². The summed E-state index contributed by atoms with van der Waals surface area (Å²) in [4.78, 5) is 8.68. The Balaban J connectivity index is 0.00000363. The van der Waals surface area contributed by atoms with E-state index < -0.39 is 6.61 Å². The number of para-hydroxylation sites is 2. The zero-order chi connectivity index (χ0) is 22.2. The number of hydrogen-bond acceptors (Lipinski definition) is 5. The normalized spacial score (nSPS) is 14.2. The van der Waals surface area contributed by atoms with Crippen molar-refractivity contribution in [1.82, 2.24) is 10.2 Å². The lowest BCUT2D eigenvalue weighted by Gasteiger charge is -2.37. The smallest absolute Gasteiger partial charge is 0.387 e. The maximum Gasteiger partial charge on any atom is 0.387 e. The minimum absolute atomic E-state index is 0. The highest BCUT2D eigenvalue weighted by Crippen LogP contribution is 2.30. The first-order valence-electron chi connectivity index (χ1n) is 10.1. The maximum atomic E-state index is 12.6. The molecular weight excluding hydrogens is 533 g/mol. The van der Waals surface area contributed by atoms with Gasteiger partial charge in [0.15, 0.2) is 17.5 Å². The predicted octanol–water partition coefficient (Wildman–Crippen LogP) is 3.56. The minimum Gasteiger partial charge on any atom is -0.506 e. The van der Waals surface area contributed by atoms with Gasteiger partial charge in [-0.05, 0) is 36.2 Å². The van der Waals surface area contributed by atoms with Gasteiger partial charge in [0.1, 0.15) is 5.75 Å². The topological polar surface area (TPSA) is 69.6 Å². The summed E-state index contributed by atoms with van der Waals surface area (Å²) in [6.07, 6.45) is 0.612. The first kappa shape index (κ1) is 25.8. The zero-order valence-electron chi connectivity index (χ0n) is 18.1. The van der Waals surface area contributed by atoms with Crippen LogP contribution in [0.15, 0.2) is 47.5 Å². The van der Waals surface area contributed by atoms with Crippen LogP contribution >= 0.6 is 24.0 Å². The average molecular weight is 562 g/mol. The fourth-order valence-electron chi connectivity index (χ4n) is 3.61. The molecule has 0 radical (unpaired) electrons. The highest BCUT2D eigenvalue weighted by molar-refractivity contribution is 14.0. The number of guanidine groups is 1. The molecule has 0 bridgehead atoms. The van der Waals surface area contributed by atoms with Gasteiger partial charge in [0.25, 0.3) is 0 Å². The number of phenolic OH excluding ortho intramolecular Hbond substituents is 1. The lowest BCUT2D eigenvalue weighted by atomic mass is 10.1. The average Bonchev–Trinajstić information content (AvgIpc) is 2.77. The van der Waals surface area contributed by atoms with Crippen molar-refractivity contribution in [2.45, 2.75) is 13.0 Å². The predicted molar refractivity (Wildman–Crippen MR) is 132 cm³/mol. The molecule has 3 rings (SSSR count). The van der Waals surface area contributed by atoms with E-state index in [1.165, 1.54) is 7.11 Å². The summed E-state index contributed by atoms with van der Waals surface area (Å²) in [7, 11) is 3.15. The van der Waals surface area contributed by atoms with Gasteiger partial charge in [0.05, 0.1) is 12.8 Å². The number of ether oxygens (including phenoxy) is 2. The Morgan fingerprint density at radius 3 is 2.47 bits per heavy atom. The number of aromatic hydroxyl groups is 1. The third-order valence-corrected chi connectivity index (χ3v) is 5.15. The van der Waals surface area contributed by atoms with Crippen molar-refractivity contribution >= 4 is 35.6 Å². The molecule has 0 spiro atoms. The summed E-state index contributed by atoms with van der Waals surface area (Å²) in [5.74, 6) is 1.37. The van der Waals surface area contributed by atoms with Crippen LogP contribution in [0.4, 0.5) is 14.5 Å². The first-order chi connectivity index (χ1) is 15.0. The number of halogens is 3. The SMILES string of the molecule is CN=C(NCCc1ccc(OC)c(OC(F)F)c1)N1CCN(c2ccccc2O)CC1.I. The molecule has 1 fully saturated rings. The molecule has 0 aliphatic carbocycles. The molecule has 2 aromatic carbocycles. The van der Waals surface area contributed by atoms with Crippen molar-refractivity contribution in [2.75, 3.05) is 51.8 Å². The molecule has 2 N–H and O–H groups in total. The van der Waals surface area contributed by atoms with Gasteiger partial charge < -0.3 is 29.7 Å². The van der Waals surface area contributed by atoms with E-state index in [0.29, 0.717) is 13.0 Å². The molecule has 0 saturated carbocycles. The molecule has 7 nitrogen and oxygen atoms in total.